The Bertz CT molecular complexity index is 1050. The third kappa shape index (κ3) is 6.01. The molecule has 1 amide bonds. The molecule has 10 heteroatoms. The molecule has 174 valence electrons. The Morgan fingerprint density at radius 3 is 2.34 bits per heavy atom. The van der Waals surface area contributed by atoms with Gasteiger partial charge in [0.25, 0.3) is 0 Å². The molecule has 3 rings (SSSR count). The molecule has 1 aliphatic rings. The quantitative estimate of drug-likeness (QED) is 0.641. The molecule has 1 saturated heterocycles. The minimum absolute atomic E-state index is 0.0526. The molecule has 0 radical (unpaired) electrons. The van der Waals surface area contributed by atoms with Crippen molar-refractivity contribution in [2.75, 3.05) is 20.1 Å². The number of carbonyl (C=O) groups is 1. The van der Waals surface area contributed by atoms with Crippen molar-refractivity contribution in [2.45, 2.75) is 37.6 Å². The molecule has 0 N–H and O–H groups in total. The number of hydrogen-bond donors (Lipinski definition) is 0. The lowest BCUT2D eigenvalue weighted by molar-refractivity contribution is -0.274. The molecule has 6 nitrogen and oxygen atoms in total. The van der Waals surface area contributed by atoms with Crippen molar-refractivity contribution in [1.29, 1.82) is 0 Å². The number of hydrogen-bond acceptors (Lipinski definition) is 4. The largest absolute Gasteiger partial charge is 0.573 e. The van der Waals surface area contributed by atoms with Gasteiger partial charge in [0.2, 0.25) is 15.9 Å². The Morgan fingerprint density at radius 1 is 1.12 bits per heavy atom. The molecule has 0 spiro atoms. The molecule has 0 bridgehead atoms. The van der Waals surface area contributed by atoms with E-state index >= 15 is 0 Å². The minimum atomic E-state index is -4.91. The Kier molecular flexibility index (Phi) is 7.14. The van der Waals surface area contributed by atoms with Crippen molar-refractivity contribution in [2.24, 2.45) is 5.92 Å². The number of halogens is 3. The molecule has 0 atom stereocenters. The Morgan fingerprint density at radius 2 is 1.75 bits per heavy atom. The monoisotopic (exact) mass is 470 g/mol. The van der Waals surface area contributed by atoms with Crippen LogP contribution in [0.2, 0.25) is 0 Å². The maximum atomic E-state index is 12.9. The number of benzene rings is 2. The van der Waals surface area contributed by atoms with Gasteiger partial charge in [0.05, 0.1) is 4.90 Å². The number of aryl methyl sites for hydroxylation is 1. The first-order valence-corrected chi connectivity index (χ1v) is 11.6. The van der Waals surface area contributed by atoms with E-state index in [9.17, 15) is 26.4 Å². The number of carbonyl (C=O) groups excluding carboxylic acids is 1. The molecule has 0 unspecified atom stereocenters. The van der Waals surface area contributed by atoms with Crippen LogP contribution in [-0.4, -0.2) is 50.0 Å². The normalized spacial score (nSPS) is 16.0. The highest BCUT2D eigenvalue weighted by atomic mass is 32.2. The lowest BCUT2D eigenvalue weighted by Gasteiger charge is -2.32. The molecule has 1 fully saturated rings. The van der Waals surface area contributed by atoms with E-state index in [-0.39, 0.29) is 29.8 Å². The van der Waals surface area contributed by atoms with Gasteiger partial charge in [-0.05, 0) is 37.5 Å². The van der Waals surface area contributed by atoms with Gasteiger partial charge in [-0.1, -0.05) is 35.9 Å². The second kappa shape index (κ2) is 9.50. The second-order valence-corrected chi connectivity index (χ2v) is 9.82. The van der Waals surface area contributed by atoms with Gasteiger partial charge < -0.3 is 9.64 Å². The fourth-order valence-electron chi connectivity index (χ4n) is 3.68. The molecular formula is C22H25F3N2O4S. The average molecular weight is 471 g/mol. The van der Waals surface area contributed by atoms with E-state index < -0.39 is 22.1 Å². The molecule has 1 aliphatic heterocycles. The minimum Gasteiger partial charge on any atom is -0.406 e. The van der Waals surface area contributed by atoms with Crippen molar-refractivity contribution in [1.82, 2.24) is 9.21 Å². The predicted octanol–water partition coefficient (Wildman–Crippen LogP) is 3.95. The van der Waals surface area contributed by atoms with Crippen LogP contribution >= 0.6 is 0 Å². The molecule has 0 aromatic heterocycles. The van der Waals surface area contributed by atoms with Crippen LogP contribution in [0.3, 0.4) is 0 Å². The number of nitrogens with zero attached hydrogens (tertiary/aromatic N) is 2. The third-order valence-corrected chi connectivity index (χ3v) is 7.29. The summed E-state index contributed by atoms with van der Waals surface area (Å²) in [7, 11) is -2.28. The Balaban J connectivity index is 1.61. The molecule has 0 saturated carbocycles. The average Bonchev–Trinajstić information content (AvgIpc) is 2.74. The van der Waals surface area contributed by atoms with Crippen LogP contribution in [0.25, 0.3) is 0 Å². The summed E-state index contributed by atoms with van der Waals surface area (Å²) >= 11 is 0. The lowest BCUT2D eigenvalue weighted by atomic mass is 9.96. The van der Waals surface area contributed by atoms with E-state index in [0.717, 1.165) is 23.3 Å². The number of ether oxygens (including phenoxy) is 1. The van der Waals surface area contributed by atoms with Crippen molar-refractivity contribution < 1.29 is 31.1 Å². The molecule has 32 heavy (non-hydrogen) atoms. The van der Waals surface area contributed by atoms with Gasteiger partial charge in [-0.25, -0.2) is 8.42 Å². The summed E-state index contributed by atoms with van der Waals surface area (Å²) in [5.74, 6) is -0.957. The zero-order chi connectivity index (χ0) is 23.5. The summed E-state index contributed by atoms with van der Waals surface area (Å²) in [6, 6.07) is 12.2. The van der Waals surface area contributed by atoms with Crippen molar-refractivity contribution in [3.05, 3.63) is 59.7 Å². The molecule has 1 heterocycles. The first-order valence-electron chi connectivity index (χ1n) is 10.1. The van der Waals surface area contributed by atoms with Crippen LogP contribution in [0.1, 0.15) is 24.0 Å². The summed E-state index contributed by atoms with van der Waals surface area (Å²) in [5.41, 5.74) is 2.14. The van der Waals surface area contributed by atoms with Crippen molar-refractivity contribution in [3.8, 4) is 5.75 Å². The van der Waals surface area contributed by atoms with Crippen molar-refractivity contribution >= 4 is 15.9 Å². The highest BCUT2D eigenvalue weighted by Crippen LogP contribution is 2.29. The zero-order valence-corrected chi connectivity index (χ0v) is 18.6. The predicted molar refractivity (Wildman–Crippen MR) is 112 cm³/mol. The van der Waals surface area contributed by atoms with Crippen LogP contribution in [-0.2, 0) is 21.4 Å². The van der Waals surface area contributed by atoms with E-state index in [1.54, 1.807) is 11.9 Å². The molecule has 2 aromatic carbocycles. The molecule has 2 aromatic rings. The summed E-state index contributed by atoms with van der Waals surface area (Å²) in [6.07, 6.45) is -4.23. The Hall–Kier alpha value is -2.59. The smallest absolute Gasteiger partial charge is 0.406 e. The highest BCUT2D eigenvalue weighted by Gasteiger charge is 2.35. The van der Waals surface area contributed by atoms with Gasteiger partial charge in [0.15, 0.2) is 0 Å². The SMILES string of the molecule is Cc1ccc(CN(C)C(=O)C2CCN(S(=O)(=O)c3cccc(OC(F)(F)F)c3)CC2)cc1. The first kappa shape index (κ1) is 24.1. The maximum absolute atomic E-state index is 12.9. The fraction of sp³-hybridized carbons (Fsp3) is 0.409. The van der Waals surface area contributed by atoms with Crippen LogP contribution < -0.4 is 4.74 Å². The fourth-order valence-corrected chi connectivity index (χ4v) is 5.19. The zero-order valence-electron chi connectivity index (χ0n) is 17.8. The molecular weight excluding hydrogens is 445 g/mol. The van der Waals surface area contributed by atoms with Crippen molar-refractivity contribution in [3.63, 3.8) is 0 Å². The van der Waals surface area contributed by atoms with Gasteiger partial charge in [-0.2, -0.15) is 4.31 Å². The topological polar surface area (TPSA) is 66.9 Å². The van der Waals surface area contributed by atoms with Crippen LogP contribution in [0, 0.1) is 12.8 Å². The van der Waals surface area contributed by atoms with Gasteiger partial charge >= 0.3 is 6.36 Å². The third-order valence-electron chi connectivity index (χ3n) is 5.40. The van der Waals surface area contributed by atoms with E-state index in [4.69, 9.17) is 0 Å². The van der Waals surface area contributed by atoms with Gasteiger partial charge in [0, 0.05) is 38.7 Å². The number of piperidine rings is 1. The number of amides is 1. The number of alkyl halides is 3. The van der Waals surface area contributed by atoms with Crippen LogP contribution in [0.15, 0.2) is 53.4 Å². The number of sulfonamides is 1. The highest BCUT2D eigenvalue weighted by molar-refractivity contribution is 7.89. The van der Waals surface area contributed by atoms with Crippen LogP contribution in [0.5, 0.6) is 5.75 Å². The maximum Gasteiger partial charge on any atom is 0.573 e. The molecule has 0 aliphatic carbocycles. The van der Waals surface area contributed by atoms with Gasteiger partial charge in [-0.15, -0.1) is 13.2 Å². The van der Waals surface area contributed by atoms with Gasteiger partial charge in [0.1, 0.15) is 5.75 Å². The summed E-state index contributed by atoms with van der Waals surface area (Å²) in [5, 5.41) is 0. The van der Waals surface area contributed by atoms with Crippen LogP contribution in [0.4, 0.5) is 13.2 Å². The summed E-state index contributed by atoms with van der Waals surface area (Å²) in [6.45, 7) is 2.67. The summed E-state index contributed by atoms with van der Waals surface area (Å²) in [4.78, 5) is 14.2. The standard InChI is InChI=1S/C22H25F3N2O4S/c1-16-6-8-17(9-7-16)15-26(2)21(28)18-10-12-27(13-11-18)32(29,30)20-5-3-4-19(14-20)31-22(23,24)25/h3-9,14,18H,10-13,15H2,1-2H3. The van der Waals surface area contributed by atoms with Gasteiger partial charge in [-0.3, -0.25) is 4.79 Å². The first-order chi connectivity index (χ1) is 15.0. The second-order valence-electron chi connectivity index (χ2n) is 7.88. The van der Waals surface area contributed by atoms with E-state index in [0.29, 0.717) is 19.4 Å². The Labute approximate surface area is 185 Å². The number of rotatable bonds is 6. The van der Waals surface area contributed by atoms with E-state index in [1.165, 1.54) is 16.4 Å². The van der Waals surface area contributed by atoms with E-state index in [2.05, 4.69) is 4.74 Å². The summed E-state index contributed by atoms with van der Waals surface area (Å²) < 4.78 is 68.1. The lowest BCUT2D eigenvalue weighted by Crippen LogP contribution is -2.43. The van der Waals surface area contributed by atoms with E-state index in [1.807, 2.05) is 31.2 Å².